The number of nitrogens with zero attached hydrogens (tertiary/aromatic N) is 4. The van der Waals surface area contributed by atoms with Crippen molar-refractivity contribution in [1.29, 1.82) is 0 Å². The van der Waals surface area contributed by atoms with Gasteiger partial charge in [-0.2, -0.15) is 0 Å². The van der Waals surface area contributed by atoms with Crippen LogP contribution in [-0.4, -0.2) is 298 Å². The minimum absolute atomic E-state index is 0. The smallest absolute Gasteiger partial charge is 0.333 e. The molecule has 0 unspecified atom stereocenters. The zero-order valence-electron chi connectivity index (χ0n) is 94.9. The topological polar surface area (TPSA) is 516 Å². The van der Waals surface area contributed by atoms with Gasteiger partial charge in [0.05, 0.1) is 92.1 Å². The monoisotopic (exact) mass is 2040 g/mol. The van der Waals surface area contributed by atoms with Gasteiger partial charge < -0.3 is 111 Å². The van der Waals surface area contributed by atoms with E-state index in [1.807, 2.05) is 187 Å². The Balaban J connectivity index is -0.000000182. The van der Waals surface area contributed by atoms with E-state index in [1.54, 1.807) is 129 Å². The normalized spacial score (nSPS) is 13.2. The van der Waals surface area contributed by atoms with E-state index in [0.29, 0.717) is 139 Å². The van der Waals surface area contributed by atoms with Crippen LogP contribution in [0.3, 0.4) is 0 Å². The van der Waals surface area contributed by atoms with Gasteiger partial charge in [-0.15, -0.1) is 12.4 Å². The minimum Gasteiger partial charge on any atom is -0.481 e. The first-order chi connectivity index (χ1) is 64.4. The molecule has 0 rings (SSSR count). The number of amides is 5. The molecule has 3 radical (unpaired) electrons. The van der Waals surface area contributed by atoms with E-state index in [9.17, 15) is 81.8 Å². The van der Waals surface area contributed by atoms with Crippen LogP contribution in [0.25, 0.3) is 0 Å². The van der Waals surface area contributed by atoms with E-state index in [4.69, 9.17) is 45.7 Å². The second-order valence-corrected chi connectivity index (χ2v) is 39.4. The maximum atomic E-state index is 13.6. The van der Waals surface area contributed by atoms with E-state index in [1.165, 1.54) is 43.1 Å². The van der Waals surface area contributed by atoms with Gasteiger partial charge in [0.2, 0.25) is 29.5 Å². The third-order valence-electron chi connectivity index (χ3n) is 26.9. The van der Waals surface area contributed by atoms with Crippen LogP contribution in [0.2, 0.25) is 12.6 Å². The maximum absolute atomic E-state index is 13.6. The highest BCUT2D eigenvalue weighted by Crippen LogP contribution is 2.35. The Hall–Kier alpha value is -8.42. The number of nitrogens with one attached hydrogen (secondary N) is 5. The number of methoxy groups -OCH3 is 2. The Bertz CT molecular complexity index is 3790. The standard InChI is InChI=1S/C24H45N3O4.C22H41N3O4.C17H32N2O3.C9H17BNO3.C9H16BO3.C8H14BO3.C7H15NO2.C6H13NO2.CH4.ClH/c1-12-24(13-2,25-10)22(30)26-19(23(7,8)9)20(28)27(11)18(16(4)5)15-17(6)21(29)31-14-3;1-11-22(12-2,23-9)20(29)24-17(21(6,7)8)18(26)25(10)16(14(3)4)13-15(5)19(27)28;1-9-22-16(21)12(4)10-13(11(2)3)19(8)15(20)14(18)17(5,6)7;1-5-9(6-2,8(13)14-4)11(3)10-7-12;1-4-9(5-2,6-10-7-11)8(12)13-3;1-3-8(4-2,7(11)12)5-9-6-10;1-4-7(5-2,8-3)6(9)10;1-3-6(7,4-2)5(8)9;;/h15-16,18-19,25H,12-14H2,1-11H3,(H,26,30);13-14,16-17,23H,11-12H2,1-10H3,(H,24,29)(H,27,28);10-11,13-14H,9,18H2,1-8H3;7H,5-6H2,1-4H3;7H,4-6H2,1-3H3;6H,3-5H2,1-2H3,(H,11,12);8H,4-5H2,1-3H3,(H,9,10);3-4,7H2,1-2H3,(H,8,9);1H4;1H/b17-15+;15-13+;12-10+;;;;;;;/t18-,19-;16-,17-;13-,14-;;;;;;;/m111......./s1. The zero-order chi connectivity index (χ0) is 112. The Morgan fingerprint density at radius 2 is 0.683 bits per heavy atom. The largest absolute Gasteiger partial charge is 0.481 e. The number of carbonyl (C=O) groups excluding carboxylic acids is 12. The van der Waals surface area contributed by atoms with Crippen LogP contribution in [0.5, 0.6) is 0 Å². The molecule has 142 heavy (non-hydrogen) atoms. The zero-order valence-corrected chi connectivity index (χ0v) is 95.7. The van der Waals surface area contributed by atoms with Crippen molar-refractivity contribution in [3.8, 4) is 0 Å². The van der Waals surface area contributed by atoms with Crippen molar-refractivity contribution in [3.05, 3.63) is 34.9 Å². The molecule has 0 saturated carbocycles. The van der Waals surface area contributed by atoms with Gasteiger partial charge in [0.1, 0.15) is 28.7 Å². The molecule has 13 N–H and O–H groups in total. The van der Waals surface area contributed by atoms with Crippen LogP contribution in [0.4, 0.5) is 0 Å². The summed E-state index contributed by atoms with van der Waals surface area (Å²) in [7, 11) is 19.0. The first kappa shape index (κ1) is 154. The molecule has 0 saturated heterocycles. The van der Waals surface area contributed by atoms with Crippen molar-refractivity contribution in [2.24, 2.45) is 56.3 Å². The Kier molecular flexibility index (Phi) is 81.5. The summed E-state index contributed by atoms with van der Waals surface area (Å²) in [5.74, 6) is -5.47. The second-order valence-electron chi connectivity index (χ2n) is 39.4. The summed E-state index contributed by atoms with van der Waals surface area (Å²) in [6, 6.07) is -2.96. The minimum atomic E-state index is -1.01. The summed E-state index contributed by atoms with van der Waals surface area (Å²) in [4.78, 5) is 193. The van der Waals surface area contributed by atoms with E-state index in [-0.39, 0.29) is 114 Å². The molecule has 0 aliphatic heterocycles. The molecule has 0 heterocycles. The molecule has 0 aromatic carbocycles. The van der Waals surface area contributed by atoms with Gasteiger partial charge in [0.25, 0.3) is 7.41 Å². The number of hydrogen-bond acceptors (Lipinski definition) is 26. The van der Waals surface area contributed by atoms with Crippen LogP contribution in [-0.2, 0) is 95.7 Å². The van der Waals surface area contributed by atoms with Gasteiger partial charge in [0.15, 0.2) is 14.6 Å². The third-order valence-corrected chi connectivity index (χ3v) is 26.9. The quantitative estimate of drug-likeness (QED) is 0.00886. The van der Waals surface area contributed by atoms with E-state index >= 15 is 0 Å². The van der Waals surface area contributed by atoms with Crippen LogP contribution >= 0.6 is 12.4 Å². The van der Waals surface area contributed by atoms with Crippen LogP contribution < -0.4 is 38.1 Å². The molecule has 825 valence electrons. The molecule has 0 spiro atoms. The number of nitrogens with two attached hydrogens (primary N) is 2. The number of carbonyl (C=O) groups is 16. The number of hydrogen-bond donors (Lipinski definition) is 11. The lowest BCUT2D eigenvalue weighted by Crippen LogP contribution is -2.62. The molecule has 5 amide bonds. The van der Waals surface area contributed by atoms with Gasteiger partial charge in [0, 0.05) is 37.9 Å². The average molecular weight is 2040 g/mol. The molecule has 0 aliphatic rings. The predicted molar refractivity (Wildman–Crippen MR) is 576 cm³/mol. The van der Waals surface area contributed by atoms with Crippen LogP contribution in [0.1, 0.15) is 333 Å². The number of carboxylic acids is 4. The Morgan fingerprint density at radius 1 is 0.394 bits per heavy atom. The van der Waals surface area contributed by atoms with Crippen molar-refractivity contribution in [2.75, 3.05) is 76.8 Å². The molecular formula is C103H198B3ClN11O24. The molecule has 39 heteroatoms. The van der Waals surface area contributed by atoms with Crippen molar-refractivity contribution in [3.63, 3.8) is 0 Å². The van der Waals surface area contributed by atoms with Gasteiger partial charge in [-0.05, 0) is 187 Å². The third kappa shape index (κ3) is 50.1. The summed E-state index contributed by atoms with van der Waals surface area (Å²) >= 11 is 0. The molecule has 0 bridgehead atoms. The summed E-state index contributed by atoms with van der Waals surface area (Å²) in [5.41, 5.74) is 6.21. The highest BCUT2D eigenvalue weighted by Gasteiger charge is 2.46. The maximum Gasteiger partial charge on any atom is 0.333 e. The number of rotatable bonds is 52. The fourth-order valence-corrected chi connectivity index (χ4v) is 14.8. The van der Waals surface area contributed by atoms with Crippen molar-refractivity contribution >= 4 is 130 Å². The molecule has 6 atom stereocenters. The lowest BCUT2D eigenvalue weighted by atomic mass is 9.62. The fraction of sp³-hybridized carbons (Fsp3) is 0.786. The lowest BCUT2D eigenvalue weighted by Gasteiger charge is -2.39. The first-order valence-electron chi connectivity index (χ1n) is 49.5. The molecule has 0 aliphatic carbocycles. The van der Waals surface area contributed by atoms with E-state index in [2.05, 4.69) is 26.6 Å². The summed E-state index contributed by atoms with van der Waals surface area (Å²) in [6.45, 7) is 64.7. The summed E-state index contributed by atoms with van der Waals surface area (Å²) in [6.07, 6.45) is 16.4. The molecular weight excluding hydrogens is 1840 g/mol. The Labute approximate surface area is 865 Å². The van der Waals surface area contributed by atoms with Crippen molar-refractivity contribution in [2.45, 2.75) is 409 Å². The van der Waals surface area contributed by atoms with E-state index < -0.39 is 97.4 Å². The first-order valence-corrected chi connectivity index (χ1v) is 49.5. The highest BCUT2D eigenvalue weighted by atomic mass is 35.5. The predicted octanol–water partition coefficient (Wildman–Crippen LogP) is 13.9. The SMILES string of the molecule is C.CCC(CC)(C(=O)OC)N(C)[B]C=O.CCC(CC)(C[B]C=O)C(=O)O.CCC(CC)(C[B]C=O)C(=O)OC.CCC(CC)(NC)C(=O)N[C@H](C(=O)N(C)[C@H](/C=C(\C)C(=O)O)C(C)C)C(C)(C)C.CCC(CC)(NC)C(=O)O.CCC(N)(CC)C(=O)O.CCOC(=O)/C(C)=C/[C@H](C(C)C)N(C)C(=O)[C@@H](N)C(C)(C)C.CCOC(=O)/C(C)=C/[C@H](C(C)C)N(C)C(=O)[C@@H](NC(=O)C(CC)(CC)NC)C(C)(C)C.Cl. The number of ether oxygens (including phenoxy) is 4. The fourth-order valence-electron chi connectivity index (χ4n) is 14.8. The molecule has 0 aromatic rings. The molecule has 0 aromatic heterocycles. The number of halogens is 1. The van der Waals surface area contributed by atoms with Gasteiger partial charge in [-0.25, -0.2) is 14.4 Å². The van der Waals surface area contributed by atoms with Gasteiger partial charge >= 0.3 is 47.8 Å². The van der Waals surface area contributed by atoms with E-state index in [0.717, 1.165) is 6.19 Å². The number of aliphatic carboxylic acids is 4. The molecule has 35 nitrogen and oxygen atoms in total. The van der Waals surface area contributed by atoms with Gasteiger partial charge in [-0.1, -0.05) is 239 Å². The second kappa shape index (κ2) is 75.3. The Morgan fingerprint density at radius 3 is 0.866 bits per heavy atom. The van der Waals surface area contributed by atoms with Gasteiger partial charge in [-0.3, -0.25) is 47.9 Å². The van der Waals surface area contributed by atoms with Crippen LogP contribution in [0, 0.1) is 44.8 Å². The lowest BCUT2D eigenvalue weighted by molar-refractivity contribution is -0.152. The number of esters is 4. The number of likely N-dealkylation sites (N-methyl/N-ethyl adjacent to an activating group) is 7. The van der Waals surface area contributed by atoms with Crippen LogP contribution in [0.15, 0.2) is 34.9 Å². The number of carboxylic acid groups (broad SMARTS) is 4. The highest BCUT2D eigenvalue weighted by molar-refractivity contribution is 6.67. The average Bonchev–Trinajstić information content (AvgIpc) is 0.805. The van der Waals surface area contributed by atoms with Crippen molar-refractivity contribution < 1.29 is 116 Å². The summed E-state index contributed by atoms with van der Waals surface area (Å²) < 4.78 is 19.5. The summed E-state index contributed by atoms with van der Waals surface area (Å²) in [5, 5.41) is 50.5. The molecule has 0 fully saturated rings. The van der Waals surface area contributed by atoms with Crippen molar-refractivity contribution in [1.82, 2.24) is 46.1 Å².